The Kier molecular flexibility index (Phi) is 23.9. The van der Waals surface area contributed by atoms with E-state index in [-0.39, 0.29) is 0 Å². The molecule has 0 aliphatic rings. The number of hydrogen-bond donors (Lipinski definition) is 0. The second-order valence-electron chi connectivity index (χ2n) is 14.9. The molecule has 8 heteroatoms. The van der Waals surface area contributed by atoms with E-state index in [9.17, 15) is 0 Å². The average molecular weight is 1220 g/mol. The maximum Gasteiger partial charge on any atom is -0.0134 e. The number of benzene rings is 8. The Bertz CT molecular complexity index is 2290. The molecule has 0 N–H and O–H groups in total. The summed E-state index contributed by atoms with van der Waals surface area (Å²) in [6.07, 6.45) is 1.90. The van der Waals surface area contributed by atoms with Crippen molar-refractivity contribution < 1.29 is 25.5 Å². The van der Waals surface area contributed by atoms with Gasteiger partial charge in [0.2, 0.25) is 0 Å². The van der Waals surface area contributed by atoms with Crippen molar-refractivity contribution in [1.82, 2.24) is 4.98 Å². The van der Waals surface area contributed by atoms with E-state index in [1.807, 2.05) is 12.3 Å². The maximum atomic E-state index is 4.68. The van der Waals surface area contributed by atoms with Gasteiger partial charge in [0, 0.05) is 14.1 Å². The van der Waals surface area contributed by atoms with Gasteiger partial charge in [-0.15, -0.1) is 0 Å². The molecule has 9 aromatic rings. The first-order valence-electron chi connectivity index (χ1n) is 20.9. The van der Waals surface area contributed by atoms with Crippen LogP contribution in [0.3, 0.4) is 0 Å². The Morgan fingerprint density at radius 1 is 0.277 bits per heavy atom. The predicted octanol–water partition coefficient (Wildman–Crippen LogP) is 12.7. The largest absolute Gasteiger partial charge is 0.0622 e. The average Bonchev–Trinajstić information content (AvgIpc) is 3.35. The molecule has 0 fully saturated rings. The summed E-state index contributed by atoms with van der Waals surface area (Å²) in [5.41, 5.74) is 6.42. The number of hydrogen-bond acceptors (Lipinski definition) is 1. The van der Waals surface area contributed by atoms with Crippen LogP contribution in [0, 0.1) is 27.7 Å². The Hall–Kier alpha value is -3.30. The van der Waals surface area contributed by atoms with Gasteiger partial charge < -0.3 is 0 Å². The second-order valence-corrected chi connectivity index (χ2v) is 21.5. The molecule has 9 rings (SSSR count). The van der Waals surface area contributed by atoms with Gasteiger partial charge in [0.15, 0.2) is 0 Å². The van der Waals surface area contributed by atoms with Crippen molar-refractivity contribution in [2.75, 3.05) is 0 Å². The summed E-state index contributed by atoms with van der Waals surface area (Å²) in [5.74, 6) is 0. The molecule has 65 heavy (non-hydrogen) atoms. The summed E-state index contributed by atoms with van der Waals surface area (Å²) >= 11 is 11.7. The fourth-order valence-corrected chi connectivity index (χ4v) is 14.6. The van der Waals surface area contributed by atoms with Crippen molar-refractivity contribution in [2.45, 2.75) is 27.7 Å². The Balaban J connectivity index is 0.000000177. The molecular weight excluding hydrogens is 1170 g/mol. The molecule has 0 unspecified atom stereocenters. The van der Waals surface area contributed by atoms with Crippen molar-refractivity contribution >= 4 is 112 Å². The van der Waals surface area contributed by atoms with Gasteiger partial charge in [0.1, 0.15) is 0 Å². The molecule has 8 aromatic carbocycles. The number of nitrogens with zero attached hydrogens (tertiary/aromatic N) is 1. The number of pyridine rings is 1. The van der Waals surface area contributed by atoms with Crippen molar-refractivity contribution in [3.05, 3.63) is 265 Å². The van der Waals surface area contributed by atoms with Crippen LogP contribution in [0.2, 0.25) is 0 Å². The minimum absolute atomic E-state index is 0.446. The van der Waals surface area contributed by atoms with Crippen LogP contribution in [0.5, 0.6) is 0 Å². The van der Waals surface area contributed by atoms with Crippen LogP contribution in [0.15, 0.2) is 243 Å². The van der Waals surface area contributed by atoms with E-state index in [4.69, 9.17) is 0 Å². The minimum atomic E-state index is -0.622. The number of aryl methyl sites for hydroxylation is 4. The molecule has 1 heterocycles. The van der Waals surface area contributed by atoms with Crippen molar-refractivity contribution in [3.8, 4) is 0 Å². The number of halogens is 2. The molecule has 1 nitrogen and oxygen atoms in total. The third kappa shape index (κ3) is 16.5. The van der Waals surface area contributed by atoms with Crippen LogP contribution in [-0.2, 0) is 25.5 Å². The van der Waals surface area contributed by atoms with Crippen LogP contribution in [0.25, 0.3) is 0 Å². The van der Waals surface area contributed by atoms with Gasteiger partial charge in [0.25, 0.3) is 0 Å². The normalized spacial score (nSPS) is 10.3. The summed E-state index contributed by atoms with van der Waals surface area (Å²) in [4.78, 5) is 4.68. The van der Waals surface area contributed by atoms with Crippen molar-refractivity contribution in [3.63, 3.8) is 0 Å². The van der Waals surface area contributed by atoms with E-state index in [0.29, 0.717) is 0 Å². The topological polar surface area (TPSA) is 12.9 Å². The van der Waals surface area contributed by atoms with Crippen LogP contribution in [0.1, 0.15) is 22.3 Å². The fraction of sp³-hybridized carbons (Fsp3) is 0.0702. The van der Waals surface area contributed by atoms with E-state index in [2.05, 4.69) is 289 Å². The standard InChI is InChI=1S/C21H22NP.2C18H15P.2Cu.2HI/c1-15-9-16(2)12-19(11-15)23(21-7-5-6-8-22-21)20-13-17(3)10-18(4)14-20;2*1-4-10-16(11-5-1)19(17-12-6-2-7-13-17)18-14-8-3-9-15-18;;;;/h5-14H,1-4H3;2*1-15H;;;2*1H/q;;;2*+1;;/p-2. The molecule has 0 saturated heterocycles. The Labute approximate surface area is 431 Å². The smallest absolute Gasteiger partial charge is 0.0134 e. The summed E-state index contributed by atoms with van der Waals surface area (Å²) in [6.45, 7) is 8.68. The van der Waals surface area contributed by atoms with E-state index in [1.54, 1.807) is 40.7 Å². The van der Waals surface area contributed by atoms with Gasteiger partial charge in [-0.05, 0) is 98.1 Å². The SMILES string of the molecule is Cc1cc(C)cc(P(c2cc(C)cc(C)c2)c2ccccn2)c1.[Cu][I].[Cu][I].c1ccc(P(c2ccccc2)c2ccccc2)cc1.c1ccc(P(c2ccccc2)c2ccccc2)cc1. The summed E-state index contributed by atoms with van der Waals surface area (Å²) in [7, 11) is -1.51. The number of aromatic nitrogens is 1. The zero-order valence-corrected chi connectivity index (χ0v) is 45.6. The van der Waals surface area contributed by atoms with Gasteiger partial charge in [-0.3, -0.25) is 4.98 Å². The van der Waals surface area contributed by atoms with E-state index < -0.39 is 23.8 Å². The van der Waals surface area contributed by atoms with Crippen LogP contribution >= 0.6 is 64.5 Å². The van der Waals surface area contributed by atoms with E-state index >= 15 is 0 Å². The Morgan fingerprint density at radius 3 is 0.723 bits per heavy atom. The van der Waals surface area contributed by atoms with Crippen LogP contribution in [0.4, 0.5) is 0 Å². The van der Waals surface area contributed by atoms with Gasteiger partial charge in [-0.1, -0.05) is 247 Å². The monoisotopic (exact) mass is 1220 g/mol. The maximum absolute atomic E-state index is 4.68. The molecule has 0 radical (unpaired) electrons. The van der Waals surface area contributed by atoms with Gasteiger partial charge in [0.05, 0.1) is 5.44 Å². The summed E-state index contributed by atoms with van der Waals surface area (Å²) < 4.78 is 0. The van der Waals surface area contributed by atoms with E-state index in [1.165, 1.54) is 64.7 Å². The predicted molar refractivity (Wildman–Crippen MR) is 300 cm³/mol. The fourth-order valence-electron chi connectivity index (χ4n) is 7.42. The molecule has 0 amide bonds. The first kappa shape index (κ1) is 52.7. The van der Waals surface area contributed by atoms with Gasteiger partial charge in [-0.2, -0.15) is 0 Å². The molecule has 0 aliphatic heterocycles. The van der Waals surface area contributed by atoms with Gasteiger partial charge >= 0.3 is 66.2 Å². The molecule has 1 aromatic heterocycles. The third-order valence-corrected chi connectivity index (χ3v) is 17.1. The minimum Gasteiger partial charge on any atom is -0.0622 e. The summed E-state index contributed by atoms with van der Waals surface area (Å²) in [5, 5.41) is 11.1. The molecular formula is C57H52Cu2I2NP3. The second kappa shape index (κ2) is 29.5. The first-order valence-corrected chi connectivity index (χ1v) is 31.0. The zero-order valence-electron chi connectivity index (χ0n) is 36.7. The molecule has 0 atom stereocenters. The third-order valence-electron chi connectivity index (χ3n) is 9.89. The quantitative estimate of drug-likeness (QED) is 0.0797. The van der Waals surface area contributed by atoms with Crippen molar-refractivity contribution in [2.24, 2.45) is 0 Å². The zero-order chi connectivity index (χ0) is 46.2. The molecule has 0 aliphatic carbocycles. The van der Waals surface area contributed by atoms with Crippen molar-refractivity contribution in [1.29, 1.82) is 0 Å². The van der Waals surface area contributed by atoms with Gasteiger partial charge in [-0.25, -0.2) is 0 Å². The molecule has 0 saturated carbocycles. The molecule has 0 spiro atoms. The molecule has 0 bridgehead atoms. The Morgan fingerprint density at radius 2 is 0.508 bits per heavy atom. The summed E-state index contributed by atoms with van der Waals surface area (Å²) in [6, 6.07) is 84.6. The van der Waals surface area contributed by atoms with E-state index in [0.717, 1.165) is 5.44 Å². The number of rotatable bonds is 9. The van der Waals surface area contributed by atoms with Crippen LogP contribution < -0.4 is 47.9 Å². The van der Waals surface area contributed by atoms with Crippen LogP contribution in [-0.4, -0.2) is 4.98 Å². The first-order chi connectivity index (χ1) is 31.9. The molecule has 336 valence electrons.